The van der Waals surface area contributed by atoms with E-state index in [1.165, 1.54) is 22.6 Å². The molecule has 0 bridgehead atoms. The summed E-state index contributed by atoms with van der Waals surface area (Å²) in [7, 11) is -3.45. The molecule has 0 aromatic carbocycles. The third-order valence-electron chi connectivity index (χ3n) is 2.26. The Hall–Kier alpha value is -0.650. The highest BCUT2D eigenvalue weighted by Gasteiger charge is 2.23. The van der Waals surface area contributed by atoms with Crippen molar-refractivity contribution in [3.8, 4) is 0 Å². The fourth-order valence-electron chi connectivity index (χ4n) is 1.47. The minimum Gasteiger partial charge on any atom is -0.243 e. The Morgan fingerprint density at radius 2 is 2.06 bits per heavy atom. The smallest absolute Gasteiger partial charge is 0.243 e. The molecule has 1 aromatic rings. The van der Waals surface area contributed by atoms with Crippen LogP contribution in [0.25, 0.3) is 0 Å². The normalized spacial score (nSPS) is 12.4. The summed E-state index contributed by atoms with van der Waals surface area (Å²) < 4.78 is 26.0. The monoisotopic (exact) mass is 276 g/mol. The zero-order valence-corrected chi connectivity index (χ0v) is 11.8. The minimum absolute atomic E-state index is 0.185. The van der Waals surface area contributed by atoms with E-state index in [4.69, 9.17) is 11.6 Å². The lowest BCUT2D eigenvalue weighted by atomic mass is 10.2. The molecule has 0 atom stereocenters. The average Bonchev–Trinajstić information content (AvgIpc) is 2.26. The van der Waals surface area contributed by atoms with Crippen LogP contribution in [0, 0.1) is 5.92 Å². The summed E-state index contributed by atoms with van der Waals surface area (Å²) in [5.74, 6) is 0.282. The number of pyridine rings is 1. The number of halogens is 1. The second-order valence-electron chi connectivity index (χ2n) is 4.17. The van der Waals surface area contributed by atoms with Crippen LogP contribution in [0.2, 0.25) is 5.15 Å². The van der Waals surface area contributed by atoms with Crippen LogP contribution < -0.4 is 0 Å². The van der Waals surface area contributed by atoms with Gasteiger partial charge in [-0.3, -0.25) is 0 Å². The second-order valence-corrected chi connectivity index (χ2v) is 6.49. The van der Waals surface area contributed by atoms with Crippen molar-refractivity contribution in [1.82, 2.24) is 9.29 Å². The maximum Gasteiger partial charge on any atom is 0.244 e. The van der Waals surface area contributed by atoms with E-state index in [0.29, 0.717) is 13.1 Å². The topological polar surface area (TPSA) is 50.3 Å². The molecule has 0 radical (unpaired) electrons. The van der Waals surface area contributed by atoms with Gasteiger partial charge in [0.05, 0.1) is 0 Å². The minimum atomic E-state index is -3.45. The fourth-order valence-corrected chi connectivity index (χ4v) is 3.14. The maximum atomic E-state index is 12.3. The number of nitrogens with zero attached hydrogens (tertiary/aromatic N) is 2. The summed E-state index contributed by atoms with van der Waals surface area (Å²) in [5.41, 5.74) is 0. The molecular weight excluding hydrogens is 260 g/mol. The highest BCUT2D eigenvalue weighted by atomic mass is 35.5. The average molecular weight is 277 g/mol. The van der Waals surface area contributed by atoms with Crippen LogP contribution in [0.15, 0.2) is 23.2 Å². The summed E-state index contributed by atoms with van der Waals surface area (Å²) in [6.45, 7) is 6.74. The quantitative estimate of drug-likeness (QED) is 0.776. The lowest BCUT2D eigenvalue weighted by molar-refractivity contribution is 0.381. The van der Waals surface area contributed by atoms with Crippen LogP contribution in [0.3, 0.4) is 0 Å². The first-order chi connectivity index (χ1) is 7.87. The van der Waals surface area contributed by atoms with E-state index in [1.807, 2.05) is 20.8 Å². The van der Waals surface area contributed by atoms with Crippen LogP contribution in [0.5, 0.6) is 0 Å². The molecule has 0 aliphatic rings. The van der Waals surface area contributed by atoms with Crippen LogP contribution in [0.4, 0.5) is 0 Å². The standard InChI is InChI=1S/C11H17ClN2O2S/c1-4-14(8-9(2)3)17(15,16)10-5-6-11(12)13-7-10/h5-7,9H,4,8H2,1-3H3. The molecule has 0 aliphatic heterocycles. The van der Waals surface area contributed by atoms with Crippen molar-refractivity contribution in [2.75, 3.05) is 13.1 Å². The van der Waals surface area contributed by atoms with E-state index in [2.05, 4.69) is 4.98 Å². The fraction of sp³-hybridized carbons (Fsp3) is 0.545. The van der Waals surface area contributed by atoms with Gasteiger partial charge in [-0.2, -0.15) is 4.31 Å². The van der Waals surface area contributed by atoms with Crippen molar-refractivity contribution < 1.29 is 8.42 Å². The van der Waals surface area contributed by atoms with E-state index in [1.54, 1.807) is 0 Å². The van der Waals surface area contributed by atoms with Crippen LogP contribution >= 0.6 is 11.6 Å². The third-order valence-corrected chi connectivity index (χ3v) is 4.41. The molecule has 0 saturated carbocycles. The van der Waals surface area contributed by atoms with E-state index in [-0.39, 0.29) is 16.0 Å². The second kappa shape index (κ2) is 5.80. The third kappa shape index (κ3) is 3.66. The largest absolute Gasteiger partial charge is 0.244 e. The number of hydrogen-bond donors (Lipinski definition) is 0. The molecule has 1 aromatic heterocycles. The molecule has 0 N–H and O–H groups in total. The summed E-state index contributed by atoms with van der Waals surface area (Å²) in [6, 6.07) is 2.96. The van der Waals surface area contributed by atoms with E-state index in [0.717, 1.165) is 0 Å². The first-order valence-corrected chi connectivity index (χ1v) is 7.31. The first kappa shape index (κ1) is 14.4. The Labute approximate surface area is 108 Å². The van der Waals surface area contributed by atoms with Gasteiger partial charge in [0.2, 0.25) is 10.0 Å². The summed E-state index contributed by atoms with van der Waals surface area (Å²) in [5, 5.41) is 0.288. The predicted molar refractivity (Wildman–Crippen MR) is 68.5 cm³/mol. The summed E-state index contributed by atoms with van der Waals surface area (Å²) >= 11 is 5.64. The number of aromatic nitrogens is 1. The van der Waals surface area contributed by atoms with Crippen molar-refractivity contribution in [2.45, 2.75) is 25.7 Å². The molecule has 0 aliphatic carbocycles. The Bertz CT molecular complexity index is 457. The number of hydrogen-bond acceptors (Lipinski definition) is 3. The molecule has 6 heteroatoms. The Balaban J connectivity index is 3.04. The van der Waals surface area contributed by atoms with Gasteiger partial charge in [-0.05, 0) is 18.1 Å². The van der Waals surface area contributed by atoms with Gasteiger partial charge in [0, 0.05) is 19.3 Å². The van der Waals surface area contributed by atoms with Crippen molar-refractivity contribution in [1.29, 1.82) is 0 Å². The molecule has 17 heavy (non-hydrogen) atoms. The SMILES string of the molecule is CCN(CC(C)C)S(=O)(=O)c1ccc(Cl)nc1. The van der Waals surface area contributed by atoms with Crippen molar-refractivity contribution in [3.63, 3.8) is 0 Å². The molecule has 0 unspecified atom stereocenters. The van der Waals surface area contributed by atoms with Crippen LogP contribution in [0.1, 0.15) is 20.8 Å². The predicted octanol–water partition coefficient (Wildman–Crippen LogP) is 2.40. The number of rotatable bonds is 5. The van der Waals surface area contributed by atoms with Gasteiger partial charge in [0.1, 0.15) is 10.0 Å². The van der Waals surface area contributed by atoms with Gasteiger partial charge < -0.3 is 0 Å². The molecule has 1 rings (SSSR count). The molecule has 0 fully saturated rings. The lowest BCUT2D eigenvalue weighted by Crippen LogP contribution is -2.34. The zero-order valence-electron chi connectivity index (χ0n) is 10.2. The summed E-state index contributed by atoms with van der Waals surface area (Å²) in [6.07, 6.45) is 1.29. The van der Waals surface area contributed by atoms with Gasteiger partial charge in [-0.1, -0.05) is 32.4 Å². The Kier molecular flexibility index (Phi) is 4.91. The Morgan fingerprint density at radius 3 is 2.47 bits per heavy atom. The van der Waals surface area contributed by atoms with Gasteiger partial charge in [-0.25, -0.2) is 13.4 Å². The van der Waals surface area contributed by atoms with Gasteiger partial charge in [0.15, 0.2) is 0 Å². The van der Waals surface area contributed by atoms with Gasteiger partial charge in [0.25, 0.3) is 0 Å². The first-order valence-electron chi connectivity index (χ1n) is 5.49. The number of sulfonamides is 1. The molecule has 0 amide bonds. The lowest BCUT2D eigenvalue weighted by Gasteiger charge is -2.22. The van der Waals surface area contributed by atoms with Crippen molar-refractivity contribution >= 4 is 21.6 Å². The van der Waals surface area contributed by atoms with E-state index in [9.17, 15) is 8.42 Å². The molecular formula is C11H17ClN2O2S. The maximum absolute atomic E-state index is 12.3. The van der Waals surface area contributed by atoms with Crippen molar-refractivity contribution in [3.05, 3.63) is 23.5 Å². The summed E-state index contributed by atoms with van der Waals surface area (Å²) in [4.78, 5) is 3.99. The highest BCUT2D eigenvalue weighted by Crippen LogP contribution is 2.17. The molecule has 0 spiro atoms. The molecule has 0 saturated heterocycles. The van der Waals surface area contributed by atoms with Crippen LogP contribution in [-0.2, 0) is 10.0 Å². The molecule has 4 nitrogen and oxygen atoms in total. The zero-order chi connectivity index (χ0) is 13.1. The van der Waals surface area contributed by atoms with Crippen molar-refractivity contribution in [2.24, 2.45) is 5.92 Å². The molecule has 1 heterocycles. The van der Waals surface area contributed by atoms with E-state index >= 15 is 0 Å². The van der Waals surface area contributed by atoms with E-state index < -0.39 is 10.0 Å². The highest BCUT2D eigenvalue weighted by molar-refractivity contribution is 7.89. The van der Waals surface area contributed by atoms with Gasteiger partial charge >= 0.3 is 0 Å². The molecule has 96 valence electrons. The Morgan fingerprint density at radius 1 is 1.41 bits per heavy atom. The van der Waals surface area contributed by atoms with Crippen LogP contribution in [-0.4, -0.2) is 30.8 Å². The van der Waals surface area contributed by atoms with Gasteiger partial charge in [-0.15, -0.1) is 0 Å².